The molecule has 0 aliphatic rings. The predicted octanol–water partition coefficient (Wildman–Crippen LogP) is 2.84. The Morgan fingerprint density at radius 1 is 1.14 bits per heavy atom. The normalized spacial score (nSPS) is 10.6. The molecule has 110 valence electrons. The number of hydrogen-bond donors (Lipinski definition) is 0. The molecule has 0 unspecified atom stereocenters. The van der Waals surface area contributed by atoms with E-state index in [1.165, 1.54) is 12.4 Å². The first-order valence-corrected chi connectivity index (χ1v) is 6.35. The van der Waals surface area contributed by atoms with E-state index in [-0.39, 0.29) is 29.5 Å². The van der Waals surface area contributed by atoms with Crippen LogP contribution in [0.2, 0.25) is 0 Å². The molecule has 0 N–H and O–H groups in total. The van der Waals surface area contributed by atoms with Gasteiger partial charge in [-0.05, 0) is 30.3 Å². The molecule has 3 aromatic rings. The van der Waals surface area contributed by atoms with Gasteiger partial charge in [0.25, 0.3) is 0 Å². The molecule has 0 atom stereocenters. The number of carbonyl (C=O) groups excluding carboxylic acids is 1. The van der Waals surface area contributed by atoms with Gasteiger partial charge in [-0.3, -0.25) is 9.78 Å². The van der Waals surface area contributed by atoms with E-state index in [4.69, 9.17) is 4.52 Å². The van der Waals surface area contributed by atoms with E-state index in [0.29, 0.717) is 5.56 Å². The van der Waals surface area contributed by atoms with Crippen LogP contribution >= 0.6 is 0 Å². The van der Waals surface area contributed by atoms with E-state index in [9.17, 15) is 13.6 Å². The number of benzene rings is 1. The van der Waals surface area contributed by atoms with Crippen molar-refractivity contribution in [1.82, 2.24) is 15.1 Å². The number of carbonyl (C=O) groups is 1. The highest BCUT2D eigenvalue weighted by atomic mass is 19.1. The van der Waals surface area contributed by atoms with Gasteiger partial charge in [-0.1, -0.05) is 5.16 Å². The Morgan fingerprint density at radius 2 is 1.91 bits per heavy atom. The fourth-order valence-electron chi connectivity index (χ4n) is 1.88. The Balaban J connectivity index is 1.82. The Kier molecular flexibility index (Phi) is 3.69. The lowest BCUT2D eigenvalue weighted by atomic mass is 10.1. The van der Waals surface area contributed by atoms with E-state index < -0.39 is 11.6 Å². The van der Waals surface area contributed by atoms with Crippen molar-refractivity contribution in [3.63, 3.8) is 0 Å². The molecule has 3 rings (SSSR count). The third kappa shape index (κ3) is 2.88. The monoisotopic (exact) mass is 301 g/mol. The zero-order valence-electron chi connectivity index (χ0n) is 11.2. The highest BCUT2D eigenvalue weighted by Crippen LogP contribution is 2.21. The van der Waals surface area contributed by atoms with Crippen molar-refractivity contribution in [2.75, 3.05) is 0 Å². The fraction of sp³-hybridized carbons (Fsp3) is 0.0667. The molecule has 0 saturated carbocycles. The quantitative estimate of drug-likeness (QED) is 0.693. The maximum absolute atomic E-state index is 13.6. The summed E-state index contributed by atoms with van der Waals surface area (Å²) >= 11 is 0. The third-order valence-corrected chi connectivity index (χ3v) is 2.95. The van der Waals surface area contributed by atoms with Crippen molar-refractivity contribution in [2.24, 2.45) is 0 Å². The van der Waals surface area contributed by atoms with Crippen molar-refractivity contribution in [3.8, 4) is 11.4 Å². The second kappa shape index (κ2) is 5.80. The summed E-state index contributed by atoms with van der Waals surface area (Å²) < 4.78 is 31.7. The van der Waals surface area contributed by atoms with Gasteiger partial charge in [0.05, 0.1) is 12.0 Å². The lowest BCUT2D eigenvalue weighted by Gasteiger charge is -1.97. The summed E-state index contributed by atoms with van der Waals surface area (Å²) in [7, 11) is 0. The molecule has 0 fully saturated rings. The van der Waals surface area contributed by atoms with Gasteiger partial charge in [0.15, 0.2) is 5.78 Å². The lowest BCUT2D eigenvalue weighted by molar-refractivity contribution is 0.0983. The summed E-state index contributed by atoms with van der Waals surface area (Å²) in [5, 5.41) is 3.58. The first kappa shape index (κ1) is 14.0. The van der Waals surface area contributed by atoms with Crippen LogP contribution in [0.25, 0.3) is 11.4 Å². The molecule has 2 heterocycles. The van der Waals surface area contributed by atoms with Gasteiger partial charge in [-0.2, -0.15) is 4.98 Å². The Morgan fingerprint density at radius 3 is 2.68 bits per heavy atom. The molecule has 2 aromatic heterocycles. The predicted molar refractivity (Wildman–Crippen MR) is 71.9 cm³/mol. The van der Waals surface area contributed by atoms with E-state index in [1.807, 2.05) is 0 Å². The van der Waals surface area contributed by atoms with Crippen LogP contribution in [-0.4, -0.2) is 20.9 Å². The number of Topliss-reactive ketones (excluding diaryl/α,β-unsaturated/α-hetero) is 1. The van der Waals surface area contributed by atoms with Crippen molar-refractivity contribution >= 4 is 5.78 Å². The third-order valence-electron chi connectivity index (χ3n) is 2.95. The summed E-state index contributed by atoms with van der Waals surface area (Å²) in [6.45, 7) is 0. The molecule has 7 heteroatoms. The lowest BCUT2D eigenvalue weighted by Crippen LogP contribution is -2.03. The van der Waals surface area contributed by atoms with Crippen molar-refractivity contribution < 1.29 is 18.1 Å². The van der Waals surface area contributed by atoms with Crippen molar-refractivity contribution in [3.05, 3.63) is 65.8 Å². The van der Waals surface area contributed by atoms with Crippen LogP contribution in [-0.2, 0) is 6.42 Å². The van der Waals surface area contributed by atoms with E-state index in [1.54, 1.807) is 12.1 Å². The number of halogens is 2. The molecule has 0 aliphatic heterocycles. The van der Waals surface area contributed by atoms with Crippen LogP contribution in [0.4, 0.5) is 8.78 Å². The molecule has 0 amide bonds. The summed E-state index contributed by atoms with van der Waals surface area (Å²) in [5.74, 6) is -1.60. The molecule has 0 bridgehead atoms. The van der Waals surface area contributed by atoms with E-state index >= 15 is 0 Å². The molecule has 22 heavy (non-hydrogen) atoms. The summed E-state index contributed by atoms with van der Waals surface area (Å²) in [6.07, 6.45) is 2.86. The van der Waals surface area contributed by atoms with Gasteiger partial charge >= 0.3 is 0 Å². The minimum atomic E-state index is -0.672. The zero-order valence-corrected chi connectivity index (χ0v) is 11.2. The van der Waals surface area contributed by atoms with Gasteiger partial charge in [0.1, 0.15) is 11.6 Å². The highest BCUT2D eigenvalue weighted by molar-refractivity contribution is 5.96. The molecule has 1 aromatic carbocycles. The number of hydrogen-bond acceptors (Lipinski definition) is 5. The van der Waals surface area contributed by atoms with Gasteiger partial charge in [0.2, 0.25) is 11.7 Å². The van der Waals surface area contributed by atoms with Gasteiger partial charge in [-0.25, -0.2) is 8.78 Å². The highest BCUT2D eigenvalue weighted by Gasteiger charge is 2.16. The zero-order chi connectivity index (χ0) is 15.5. The van der Waals surface area contributed by atoms with Gasteiger partial charge < -0.3 is 4.52 Å². The Bertz CT molecular complexity index is 819. The van der Waals surface area contributed by atoms with Crippen LogP contribution < -0.4 is 0 Å². The maximum Gasteiger partial charge on any atom is 0.234 e. The van der Waals surface area contributed by atoms with E-state index in [2.05, 4.69) is 15.1 Å². The number of ketones is 1. The molecule has 0 aliphatic carbocycles. The average molecular weight is 301 g/mol. The minimum Gasteiger partial charge on any atom is -0.338 e. The second-order valence-electron chi connectivity index (χ2n) is 4.47. The van der Waals surface area contributed by atoms with Gasteiger partial charge in [-0.15, -0.1) is 0 Å². The summed E-state index contributed by atoms with van der Waals surface area (Å²) in [5.41, 5.74) is 0.332. The van der Waals surface area contributed by atoms with Gasteiger partial charge in [0, 0.05) is 18.0 Å². The van der Waals surface area contributed by atoms with Crippen LogP contribution in [0.15, 0.2) is 47.2 Å². The molecule has 0 radical (unpaired) electrons. The molecule has 0 spiro atoms. The second-order valence-corrected chi connectivity index (χ2v) is 4.47. The smallest absolute Gasteiger partial charge is 0.234 e. The molecule has 5 nitrogen and oxygen atoms in total. The number of nitrogens with zero attached hydrogens (tertiary/aromatic N) is 3. The minimum absolute atomic E-state index is 0.0282. The fourth-order valence-corrected chi connectivity index (χ4v) is 1.88. The maximum atomic E-state index is 13.6. The largest absolute Gasteiger partial charge is 0.338 e. The van der Waals surface area contributed by atoms with Crippen molar-refractivity contribution in [2.45, 2.75) is 6.42 Å². The summed E-state index contributed by atoms with van der Waals surface area (Å²) in [4.78, 5) is 19.7. The first-order valence-electron chi connectivity index (χ1n) is 6.35. The first-order chi connectivity index (χ1) is 10.6. The number of pyridine rings is 1. The topological polar surface area (TPSA) is 68.9 Å². The standard InChI is InChI=1S/C15H9F2N3O2/c16-10-1-2-12(17)11(7-10)15-19-14(22-20-15)8-13(21)9-3-5-18-6-4-9/h1-7H,8H2. The molecular weight excluding hydrogens is 292 g/mol. The number of rotatable bonds is 4. The van der Waals surface area contributed by atoms with Crippen LogP contribution in [0.3, 0.4) is 0 Å². The van der Waals surface area contributed by atoms with E-state index in [0.717, 1.165) is 18.2 Å². The Labute approximate surface area is 123 Å². The average Bonchev–Trinajstić information content (AvgIpc) is 2.99. The number of aromatic nitrogens is 3. The Hall–Kier alpha value is -2.96. The summed E-state index contributed by atoms with van der Waals surface area (Å²) in [6, 6.07) is 6.06. The molecule has 0 saturated heterocycles. The molecular formula is C15H9F2N3O2. The van der Waals surface area contributed by atoms with Crippen LogP contribution in [0.5, 0.6) is 0 Å². The van der Waals surface area contributed by atoms with Crippen LogP contribution in [0, 0.1) is 11.6 Å². The van der Waals surface area contributed by atoms with Crippen molar-refractivity contribution in [1.29, 1.82) is 0 Å². The van der Waals surface area contributed by atoms with Crippen LogP contribution in [0.1, 0.15) is 16.2 Å². The SMILES string of the molecule is O=C(Cc1nc(-c2cc(F)ccc2F)no1)c1ccncc1.